The van der Waals surface area contributed by atoms with Gasteiger partial charge in [0.2, 0.25) is 5.91 Å². The minimum Gasteiger partial charge on any atom is -0.325 e. The fraction of sp³-hybridized carbons (Fsp3) is 0.138. The molecule has 0 spiro atoms. The quantitative estimate of drug-likeness (QED) is 0.312. The molecule has 1 unspecified atom stereocenters. The summed E-state index contributed by atoms with van der Waals surface area (Å²) in [6.45, 7) is 5.83. The van der Waals surface area contributed by atoms with Crippen LogP contribution in [0.1, 0.15) is 23.6 Å². The lowest BCUT2D eigenvalue weighted by Crippen LogP contribution is -2.23. The first-order valence-corrected chi connectivity index (χ1v) is 11.9. The topological polar surface area (TPSA) is 65.8 Å². The van der Waals surface area contributed by atoms with Crippen LogP contribution in [-0.2, 0) is 4.79 Å². The Morgan fingerprint density at radius 1 is 0.941 bits per heavy atom. The highest BCUT2D eigenvalue weighted by Gasteiger charge is 2.22. The highest BCUT2D eigenvalue weighted by molar-refractivity contribution is 8.00. The zero-order valence-electron chi connectivity index (χ0n) is 19.4. The van der Waals surface area contributed by atoms with Gasteiger partial charge in [-0.2, -0.15) is 5.26 Å². The van der Waals surface area contributed by atoms with Crippen LogP contribution in [0, 0.1) is 25.2 Å². The Balaban J connectivity index is 1.74. The van der Waals surface area contributed by atoms with E-state index in [2.05, 4.69) is 11.4 Å². The predicted octanol–water partition coefficient (Wildman–Crippen LogP) is 7.02. The molecule has 1 aromatic heterocycles. The number of para-hydroxylation sites is 1. The number of nitriles is 1. The lowest BCUT2D eigenvalue weighted by molar-refractivity contribution is -0.115. The molecular weight excluding hydrogens is 438 g/mol. The summed E-state index contributed by atoms with van der Waals surface area (Å²) in [6.07, 6.45) is 0. The minimum absolute atomic E-state index is 0.132. The van der Waals surface area contributed by atoms with E-state index in [1.54, 1.807) is 0 Å². The predicted molar refractivity (Wildman–Crippen MR) is 140 cm³/mol. The van der Waals surface area contributed by atoms with Gasteiger partial charge >= 0.3 is 0 Å². The summed E-state index contributed by atoms with van der Waals surface area (Å²) in [5.41, 5.74) is 6.89. The van der Waals surface area contributed by atoms with Crippen molar-refractivity contribution in [2.45, 2.75) is 31.0 Å². The average molecular weight is 464 g/mol. The molecule has 34 heavy (non-hydrogen) atoms. The Morgan fingerprint density at radius 3 is 2.29 bits per heavy atom. The van der Waals surface area contributed by atoms with Gasteiger partial charge in [0.05, 0.1) is 16.5 Å². The van der Waals surface area contributed by atoms with Crippen LogP contribution in [0.2, 0.25) is 0 Å². The molecule has 1 atom stereocenters. The molecule has 5 heteroatoms. The van der Waals surface area contributed by atoms with Crippen molar-refractivity contribution in [2.24, 2.45) is 0 Å². The Bertz CT molecular complexity index is 1360. The standard InChI is InChI=1S/C29H25N3OS/c1-19-13-15-22(16-14-19)24-17-27(23-10-5-4-6-11-23)32-29(25(24)18-30)34-21(3)28(33)31-26-12-8-7-9-20(26)2/h4-17,21H,1-3H3,(H,31,33). The van der Waals surface area contributed by atoms with Gasteiger partial charge < -0.3 is 5.32 Å². The van der Waals surface area contributed by atoms with Gasteiger partial charge in [0.1, 0.15) is 11.1 Å². The zero-order valence-corrected chi connectivity index (χ0v) is 20.2. The largest absolute Gasteiger partial charge is 0.325 e. The number of carbonyl (C=O) groups is 1. The van der Waals surface area contributed by atoms with E-state index in [1.165, 1.54) is 11.8 Å². The molecule has 0 bridgehead atoms. The SMILES string of the molecule is Cc1ccc(-c2cc(-c3ccccc3)nc(SC(C)C(=O)Nc3ccccc3C)c2C#N)cc1. The van der Waals surface area contributed by atoms with Crippen LogP contribution in [0.15, 0.2) is 90.0 Å². The molecule has 0 aliphatic heterocycles. The molecule has 0 aliphatic carbocycles. The molecule has 4 nitrogen and oxygen atoms in total. The first kappa shape index (κ1) is 23.3. The lowest BCUT2D eigenvalue weighted by atomic mass is 9.98. The third kappa shape index (κ3) is 5.19. The first-order chi connectivity index (χ1) is 16.5. The van der Waals surface area contributed by atoms with Gasteiger partial charge in [-0.1, -0.05) is 90.1 Å². The minimum atomic E-state index is -0.448. The number of aromatic nitrogens is 1. The van der Waals surface area contributed by atoms with Crippen molar-refractivity contribution in [2.75, 3.05) is 5.32 Å². The number of thioether (sulfide) groups is 1. The van der Waals surface area contributed by atoms with Crippen molar-refractivity contribution in [3.63, 3.8) is 0 Å². The summed E-state index contributed by atoms with van der Waals surface area (Å²) < 4.78 is 0. The van der Waals surface area contributed by atoms with Crippen molar-refractivity contribution in [3.8, 4) is 28.5 Å². The maximum atomic E-state index is 13.0. The van der Waals surface area contributed by atoms with Crippen molar-refractivity contribution in [3.05, 3.63) is 102 Å². The molecule has 0 saturated carbocycles. The van der Waals surface area contributed by atoms with Crippen molar-refractivity contribution in [1.29, 1.82) is 5.26 Å². The van der Waals surface area contributed by atoms with Gasteiger partial charge in [0.15, 0.2) is 0 Å². The van der Waals surface area contributed by atoms with Crippen LogP contribution in [-0.4, -0.2) is 16.1 Å². The first-order valence-electron chi connectivity index (χ1n) is 11.1. The highest BCUT2D eigenvalue weighted by Crippen LogP contribution is 2.36. The van der Waals surface area contributed by atoms with Gasteiger partial charge in [-0.15, -0.1) is 0 Å². The number of amides is 1. The molecule has 1 heterocycles. The van der Waals surface area contributed by atoms with Gasteiger partial charge in [-0.3, -0.25) is 4.79 Å². The number of anilines is 1. The second kappa shape index (κ2) is 10.4. The normalized spacial score (nSPS) is 11.5. The number of hydrogen-bond acceptors (Lipinski definition) is 4. The third-order valence-electron chi connectivity index (χ3n) is 5.59. The van der Waals surface area contributed by atoms with Crippen LogP contribution < -0.4 is 5.32 Å². The summed E-state index contributed by atoms with van der Waals surface area (Å²) in [7, 11) is 0. The molecule has 0 radical (unpaired) electrons. The van der Waals surface area contributed by atoms with E-state index in [-0.39, 0.29) is 5.91 Å². The van der Waals surface area contributed by atoms with E-state index in [0.29, 0.717) is 10.6 Å². The second-order valence-corrected chi connectivity index (χ2v) is 9.47. The monoisotopic (exact) mass is 463 g/mol. The van der Waals surface area contributed by atoms with Crippen LogP contribution in [0.25, 0.3) is 22.4 Å². The Labute approximate surface area is 204 Å². The summed E-state index contributed by atoms with van der Waals surface area (Å²) in [5, 5.41) is 13.2. The van der Waals surface area contributed by atoms with E-state index in [0.717, 1.165) is 39.2 Å². The van der Waals surface area contributed by atoms with E-state index < -0.39 is 5.25 Å². The van der Waals surface area contributed by atoms with E-state index in [9.17, 15) is 10.1 Å². The number of benzene rings is 3. The number of carbonyl (C=O) groups excluding carboxylic acids is 1. The number of hydrogen-bond donors (Lipinski definition) is 1. The summed E-state index contributed by atoms with van der Waals surface area (Å²) >= 11 is 1.30. The van der Waals surface area contributed by atoms with Crippen LogP contribution in [0.4, 0.5) is 5.69 Å². The smallest absolute Gasteiger partial charge is 0.237 e. The van der Waals surface area contributed by atoms with Gasteiger partial charge in [0, 0.05) is 16.8 Å². The number of nitrogens with one attached hydrogen (secondary N) is 1. The maximum absolute atomic E-state index is 13.0. The molecule has 4 aromatic rings. The summed E-state index contributed by atoms with van der Waals surface area (Å²) in [5.74, 6) is -0.132. The molecule has 0 aliphatic rings. The Hall–Kier alpha value is -3.88. The fourth-order valence-electron chi connectivity index (χ4n) is 3.60. The number of nitrogens with zero attached hydrogens (tertiary/aromatic N) is 2. The lowest BCUT2D eigenvalue weighted by Gasteiger charge is -2.16. The number of pyridine rings is 1. The number of rotatable bonds is 6. The van der Waals surface area contributed by atoms with Crippen molar-refractivity contribution < 1.29 is 4.79 Å². The van der Waals surface area contributed by atoms with E-state index >= 15 is 0 Å². The maximum Gasteiger partial charge on any atom is 0.237 e. The highest BCUT2D eigenvalue weighted by atomic mass is 32.2. The second-order valence-electron chi connectivity index (χ2n) is 8.14. The van der Waals surface area contributed by atoms with Crippen LogP contribution in [0.5, 0.6) is 0 Å². The summed E-state index contributed by atoms with van der Waals surface area (Å²) in [4.78, 5) is 17.8. The fourth-order valence-corrected chi connectivity index (χ4v) is 4.53. The van der Waals surface area contributed by atoms with E-state index in [1.807, 2.05) is 106 Å². The van der Waals surface area contributed by atoms with Crippen molar-refractivity contribution in [1.82, 2.24) is 4.98 Å². The molecule has 4 rings (SSSR count). The van der Waals surface area contributed by atoms with Gasteiger partial charge in [-0.25, -0.2) is 4.98 Å². The molecule has 3 aromatic carbocycles. The van der Waals surface area contributed by atoms with Crippen LogP contribution in [0.3, 0.4) is 0 Å². The summed E-state index contributed by atoms with van der Waals surface area (Å²) in [6, 6.07) is 30.0. The van der Waals surface area contributed by atoms with Gasteiger partial charge in [-0.05, 0) is 44.0 Å². The van der Waals surface area contributed by atoms with E-state index in [4.69, 9.17) is 4.98 Å². The molecule has 0 fully saturated rings. The molecule has 0 saturated heterocycles. The molecule has 1 N–H and O–H groups in total. The average Bonchev–Trinajstić information content (AvgIpc) is 2.86. The van der Waals surface area contributed by atoms with Crippen LogP contribution >= 0.6 is 11.8 Å². The third-order valence-corrected chi connectivity index (χ3v) is 6.68. The van der Waals surface area contributed by atoms with Gasteiger partial charge in [0.25, 0.3) is 0 Å². The molecule has 168 valence electrons. The molecule has 1 amide bonds. The zero-order chi connectivity index (χ0) is 24.1. The van der Waals surface area contributed by atoms with Crippen molar-refractivity contribution >= 4 is 23.4 Å². The number of aryl methyl sites for hydroxylation is 2. The Morgan fingerprint density at radius 2 is 1.62 bits per heavy atom. The molecular formula is C29H25N3OS. The Kier molecular flexibility index (Phi) is 7.10.